The third kappa shape index (κ3) is 4.58. The molecule has 12 heteroatoms. The Morgan fingerprint density at radius 1 is 1.10 bits per heavy atom. The highest BCUT2D eigenvalue weighted by atomic mass is 19.4. The molecule has 0 bridgehead atoms. The lowest BCUT2D eigenvalue weighted by Crippen LogP contribution is -2.24. The number of ether oxygens (including phenoxy) is 2. The van der Waals surface area contributed by atoms with Crippen LogP contribution in [-0.2, 0) is 13.7 Å². The van der Waals surface area contributed by atoms with Gasteiger partial charge in [-0.15, -0.1) is 13.2 Å². The molecule has 160 valence electrons. The van der Waals surface area contributed by atoms with Crippen molar-refractivity contribution in [2.24, 2.45) is 7.05 Å². The Kier molecular flexibility index (Phi) is 5.76. The lowest BCUT2D eigenvalue weighted by Gasteiger charge is -2.18. The first-order chi connectivity index (χ1) is 14.1. The zero-order valence-corrected chi connectivity index (χ0v) is 15.7. The highest BCUT2D eigenvalue weighted by Crippen LogP contribution is 2.34. The van der Waals surface area contributed by atoms with Gasteiger partial charge in [-0.2, -0.15) is 9.36 Å². The fourth-order valence-corrected chi connectivity index (χ4v) is 2.70. The van der Waals surface area contributed by atoms with Crippen LogP contribution in [0.15, 0.2) is 41.2 Å². The molecule has 1 heterocycles. The van der Waals surface area contributed by atoms with E-state index in [0.717, 1.165) is 15.4 Å². The van der Waals surface area contributed by atoms with Gasteiger partial charge >= 0.3 is 12.1 Å². The summed E-state index contributed by atoms with van der Waals surface area (Å²) in [7, 11) is 1.30. The first-order valence-corrected chi connectivity index (χ1v) is 8.45. The normalized spacial score (nSPS) is 11.7. The van der Waals surface area contributed by atoms with E-state index in [2.05, 4.69) is 15.2 Å². The van der Waals surface area contributed by atoms with Gasteiger partial charge in [-0.1, -0.05) is 17.7 Å². The van der Waals surface area contributed by atoms with Gasteiger partial charge in [-0.25, -0.2) is 13.6 Å². The number of rotatable bonds is 6. The topological polar surface area (TPSA) is 71.2 Å². The second-order valence-electron chi connectivity index (χ2n) is 6.23. The van der Waals surface area contributed by atoms with Crippen molar-refractivity contribution in [3.63, 3.8) is 0 Å². The number of nitrogens with zero attached hydrogens (tertiary/aromatic N) is 4. The molecule has 3 aromatic rings. The zero-order valence-electron chi connectivity index (χ0n) is 15.7. The summed E-state index contributed by atoms with van der Waals surface area (Å²) in [5, 5.41) is 7.12. The molecule has 0 fully saturated rings. The van der Waals surface area contributed by atoms with Crippen LogP contribution in [0.2, 0.25) is 0 Å². The van der Waals surface area contributed by atoms with Crippen LogP contribution in [0.25, 0.3) is 5.69 Å². The minimum absolute atomic E-state index is 0.0967. The van der Waals surface area contributed by atoms with Crippen LogP contribution in [0.4, 0.5) is 22.0 Å². The standard InChI is InChI=1S/C18H15F5N4O3/c1-10-6-7-14(11(8-10)16(19)20)29-9-12-13(27-17(28)26(2)24-25-27)4-3-5-15(12)30-18(21,22)23/h3-8,16H,9H2,1-2H3. The summed E-state index contributed by atoms with van der Waals surface area (Å²) in [6, 6.07) is 7.57. The minimum atomic E-state index is -5.03. The number of benzene rings is 2. The Morgan fingerprint density at radius 3 is 2.43 bits per heavy atom. The van der Waals surface area contributed by atoms with Crippen molar-refractivity contribution in [1.82, 2.24) is 19.8 Å². The molecule has 2 aromatic carbocycles. The molecule has 30 heavy (non-hydrogen) atoms. The fraction of sp³-hybridized carbons (Fsp3) is 0.278. The second kappa shape index (κ2) is 8.13. The number of aromatic nitrogens is 4. The van der Waals surface area contributed by atoms with Gasteiger partial charge in [0.1, 0.15) is 18.1 Å². The molecular formula is C18H15F5N4O3. The Balaban J connectivity index is 2.06. The maximum atomic E-state index is 13.3. The van der Waals surface area contributed by atoms with E-state index < -0.39 is 36.4 Å². The molecule has 0 aliphatic heterocycles. The predicted molar refractivity (Wildman–Crippen MR) is 93.8 cm³/mol. The molecule has 0 aliphatic carbocycles. The van der Waals surface area contributed by atoms with Crippen LogP contribution >= 0.6 is 0 Å². The van der Waals surface area contributed by atoms with E-state index in [1.807, 2.05) is 0 Å². The van der Waals surface area contributed by atoms with Gasteiger partial charge in [-0.3, -0.25) is 0 Å². The maximum Gasteiger partial charge on any atom is 0.573 e. The van der Waals surface area contributed by atoms with E-state index in [1.165, 1.54) is 37.4 Å². The molecule has 7 nitrogen and oxygen atoms in total. The van der Waals surface area contributed by atoms with Crippen LogP contribution in [0.5, 0.6) is 11.5 Å². The largest absolute Gasteiger partial charge is 0.573 e. The third-order valence-corrected chi connectivity index (χ3v) is 4.06. The van der Waals surface area contributed by atoms with E-state index in [9.17, 15) is 26.7 Å². The Bertz CT molecular complexity index is 1110. The lowest BCUT2D eigenvalue weighted by molar-refractivity contribution is -0.275. The van der Waals surface area contributed by atoms with Crippen molar-refractivity contribution in [3.05, 3.63) is 63.6 Å². The van der Waals surface area contributed by atoms with Crippen molar-refractivity contribution in [3.8, 4) is 17.2 Å². The highest BCUT2D eigenvalue weighted by Gasteiger charge is 2.33. The number of alkyl halides is 5. The molecule has 0 saturated heterocycles. The molecule has 0 spiro atoms. The van der Waals surface area contributed by atoms with Crippen molar-refractivity contribution < 1.29 is 31.4 Å². The molecule has 0 unspecified atom stereocenters. The average molecular weight is 430 g/mol. The second-order valence-corrected chi connectivity index (χ2v) is 6.23. The minimum Gasteiger partial charge on any atom is -0.488 e. The lowest BCUT2D eigenvalue weighted by atomic mass is 10.1. The number of hydrogen-bond donors (Lipinski definition) is 0. The highest BCUT2D eigenvalue weighted by molar-refractivity contribution is 5.49. The van der Waals surface area contributed by atoms with Gasteiger partial charge in [0.15, 0.2) is 0 Å². The van der Waals surface area contributed by atoms with Gasteiger partial charge in [0.2, 0.25) is 0 Å². The molecule has 3 rings (SSSR count). The van der Waals surface area contributed by atoms with E-state index >= 15 is 0 Å². The molecular weight excluding hydrogens is 415 g/mol. The van der Waals surface area contributed by atoms with Crippen molar-refractivity contribution in [1.29, 1.82) is 0 Å². The van der Waals surface area contributed by atoms with Gasteiger partial charge in [0.05, 0.1) is 16.8 Å². The monoisotopic (exact) mass is 430 g/mol. The maximum absolute atomic E-state index is 13.3. The van der Waals surface area contributed by atoms with E-state index in [-0.39, 0.29) is 17.0 Å². The van der Waals surface area contributed by atoms with E-state index in [1.54, 1.807) is 6.92 Å². The predicted octanol–water partition coefficient (Wildman–Crippen LogP) is 3.69. The van der Waals surface area contributed by atoms with Crippen LogP contribution < -0.4 is 15.2 Å². The Morgan fingerprint density at radius 2 is 1.83 bits per heavy atom. The number of halogens is 5. The van der Waals surface area contributed by atoms with Gasteiger partial charge in [0.25, 0.3) is 6.43 Å². The molecule has 0 N–H and O–H groups in total. The van der Waals surface area contributed by atoms with Gasteiger partial charge < -0.3 is 9.47 Å². The summed E-state index contributed by atoms with van der Waals surface area (Å²) in [6.07, 6.45) is -7.89. The van der Waals surface area contributed by atoms with E-state index in [0.29, 0.717) is 5.56 Å². The molecule has 0 amide bonds. The van der Waals surface area contributed by atoms with Gasteiger partial charge in [-0.05, 0) is 41.6 Å². The number of aryl methyl sites for hydroxylation is 2. The van der Waals surface area contributed by atoms with Crippen molar-refractivity contribution in [2.45, 2.75) is 26.3 Å². The van der Waals surface area contributed by atoms with Crippen molar-refractivity contribution in [2.75, 3.05) is 0 Å². The average Bonchev–Trinajstić information content (AvgIpc) is 2.98. The first kappa shape index (κ1) is 21.3. The molecule has 0 saturated carbocycles. The molecule has 0 aliphatic rings. The zero-order chi connectivity index (χ0) is 22.1. The molecule has 1 aromatic heterocycles. The molecule has 0 atom stereocenters. The van der Waals surface area contributed by atoms with Crippen LogP contribution in [0, 0.1) is 6.92 Å². The summed E-state index contributed by atoms with van der Waals surface area (Å²) >= 11 is 0. The summed E-state index contributed by atoms with van der Waals surface area (Å²) < 4.78 is 76.3. The fourth-order valence-electron chi connectivity index (χ4n) is 2.70. The number of tetrazole rings is 1. The third-order valence-electron chi connectivity index (χ3n) is 4.06. The number of hydrogen-bond acceptors (Lipinski definition) is 5. The van der Waals surface area contributed by atoms with Crippen LogP contribution in [-0.4, -0.2) is 26.2 Å². The molecule has 0 radical (unpaired) electrons. The Labute approximate surface area is 166 Å². The van der Waals surface area contributed by atoms with Gasteiger partial charge in [0, 0.05) is 7.05 Å². The summed E-state index contributed by atoms with van der Waals surface area (Å²) in [5.74, 6) is -0.877. The SMILES string of the molecule is Cc1ccc(OCc2c(OC(F)(F)F)cccc2-n2nnn(C)c2=O)c(C(F)F)c1. The summed E-state index contributed by atoms with van der Waals surface area (Å²) in [4.78, 5) is 12.2. The Hall–Kier alpha value is -3.44. The van der Waals surface area contributed by atoms with Crippen LogP contribution in [0.3, 0.4) is 0 Å². The summed E-state index contributed by atoms with van der Waals surface area (Å²) in [6.45, 7) is 1.01. The van der Waals surface area contributed by atoms with Crippen molar-refractivity contribution >= 4 is 0 Å². The quantitative estimate of drug-likeness (QED) is 0.558. The van der Waals surface area contributed by atoms with E-state index in [4.69, 9.17) is 4.74 Å². The first-order valence-electron chi connectivity index (χ1n) is 8.45. The summed E-state index contributed by atoms with van der Waals surface area (Å²) in [5.41, 5.74) is -0.907. The van der Waals surface area contributed by atoms with Crippen LogP contribution in [0.1, 0.15) is 23.1 Å². The smallest absolute Gasteiger partial charge is 0.488 e.